The SMILES string of the molecule is Cc1ccccc1N1CCN(C(=O)C2CCN(Cc3nc4ccccc4n3C(C)C)CC2)CC1. The predicted octanol–water partition coefficient (Wildman–Crippen LogP) is 4.49. The first kappa shape index (κ1) is 22.9. The van der Waals surface area contributed by atoms with Gasteiger partial charge in [-0.3, -0.25) is 9.69 Å². The number of para-hydroxylation sites is 3. The first-order valence-corrected chi connectivity index (χ1v) is 12.8. The zero-order valence-electron chi connectivity index (χ0n) is 20.8. The van der Waals surface area contributed by atoms with Crippen LogP contribution in [0.15, 0.2) is 48.5 Å². The molecule has 1 aromatic heterocycles. The van der Waals surface area contributed by atoms with Crippen molar-refractivity contribution in [1.29, 1.82) is 0 Å². The van der Waals surface area contributed by atoms with E-state index >= 15 is 0 Å². The van der Waals surface area contributed by atoms with Gasteiger partial charge in [-0.2, -0.15) is 0 Å². The number of benzene rings is 2. The highest BCUT2D eigenvalue weighted by Crippen LogP contribution is 2.26. The minimum absolute atomic E-state index is 0.158. The van der Waals surface area contributed by atoms with Gasteiger partial charge in [0.15, 0.2) is 0 Å². The lowest BCUT2D eigenvalue weighted by Gasteiger charge is -2.39. The van der Waals surface area contributed by atoms with Gasteiger partial charge in [-0.15, -0.1) is 0 Å². The van der Waals surface area contributed by atoms with Crippen molar-refractivity contribution in [3.05, 3.63) is 59.9 Å². The maximum absolute atomic E-state index is 13.3. The third-order valence-electron chi connectivity index (χ3n) is 7.53. The summed E-state index contributed by atoms with van der Waals surface area (Å²) >= 11 is 0. The topological polar surface area (TPSA) is 44.6 Å². The highest BCUT2D eigenvalue weighted by molar-refractivity contribution is 5.79. The fourth-order valence-corrected chi connectivity index (χ4v) is 5.66. The van der Waals surface area contributed by atoms with E-state index in [9.17, 15) is 4.79 Å². The number of piperidine rings is 1. The Hall–Kier alpha value is -2.86. The lowest BCUT2D eigenvalue weighted by Crippen LogP contribution is -2.51. The van der Waals surface area contributed by atoms with E-state index in [4.69, 9.17) is 4.98 Å². The summed E-state index contributed by atoms with van der Waals surface area (Å²) < 4.78 is 2.36. The number of carbonyl (C=O) groups is 1. The predicted molar refractivity (Wildman–Crippen MR) is 138 cm³/mol. The summed E-state index contributed by atoms with van der Waals surface area (Å²) in [5.41, 5.74) is 4.89. The Morgan fingerprint density at radius 1 is 0.941 bits per heavy atom. The largest absolute Gasteiger partial charge is 0.368 e. The Morgan fingerprint density at radius 3 is 2.32 bits per heavy atom. The molecule has 0 atom stereocenters. The van der Waals surface area contributed by atoms with Crippen LogP contribution in [-0.4, -0.2) is 64.5 Å². The van der Waals surface area contributed by atoms with E-state index < -0.39 is 0 Å². The molecule has 5 rings (SSSR count). The number of hydrogen-bond donors (Lipinski definition) is 0. The number of carbonyl (C=O) groups excluding carboxylic acids is 1. The molecule has 34 heavy (non-hydrogen) atoms. The molecule has 2 aliphatic heterocycles. The van der Waals surface area contributed by atoms with Crippen molar-refractivity contribution in [2.45, 2.75) is 46.2 Å². The first-order chi connectivity index (χ1) is 16.5. The summed E-state index contributed by atoms with van der Waals surface area (Å²) in [7, 11) is 0. The quantitative estimate of drug-likeness (QED) is 0.564. The molecule has 180 valence electrons. The summed E-state index contributed by atoms with van der Waals surface area (Å²) in [6.45, 7) is 12.9. The van der Waals surface area contributed by atoms with Gasteiger partial charge < -0.3 is 14.4 Å². The molecule has 0 spiro atoms. The molecule has 0 unspecified atom stereocenters. The van der Waals surface area contributed by atoms with Crippen LogP contribution in [0.2, 0.25) is 0 Å². The van der Waals surface area contributed by atoms with Gasteiger partial charge in [-0.05, 0) is 70.5 Å². The molecule has 2 aliphatic rings. The normalized spacial score (nSPS) is 18.2. The summed E-state index contributed by atoms with van der Waals surface area (Å²) in [5.74, 6) is 1.65. The van der Waals surface area contributed by atoms with Crippen LogP contribution in [0, 0.1) is 12.8 Å². The van der Waals surface area contributed by atoms with Crippen LogP contribution in [0.3, 0.4) is 0 Å². The van der Waals surface area contributed by atoms with Crippen molar-refractivity contribution >= 4 is 22.6 Å². The van der Waals surface area contributed by atoms with Crippen molar-refractivity contribution in [1.82, 2.24) is 19.4 Å². The van der Waals surface area contributed by atoms with Gasteiger partial charge in [0.05, 0.1) is 17.6 Å². The van der Waals surface area contributed by atoms with Crippen LogP contribution < -0.4 is 4.90 Å². The molecule has 0 radical (unpaired) electrons. The van der Waals surface area contributed by atoms with E-state index in [1.165, 1.54) is 16.8 Å². The second-order valence-corrected chi connectivity index (χ2v) is 10.1. The van der Waals surface area contributed by atoms with Gasteiger partial charge in [-0.1, -0.05) is 30.3 Å². The molecule has 2 fully saturated rings. The molecule has 2 saturated heterocycles. The fraction of sp³-hybridized carbons (Fsp3) is 0.500. The number of aryl methyl sites for hydroxylation is 1. The molecular formula is C28H37N5O. The maximum Gasteiger partial charge on any atom is 0.225 e. The number of anilines is 1. The van der Waals surface area contributed by atoms with Gasteiger partial charge in [0.25, 0.3) is 0 Å². The average molecular weight is 460 g/mol. The summed E-state index contributed by atoms with van der Waals surface area (Å²) in [6, 6.07) is 17.3. The fourth-order valence-electron chi connectivity index (χ4n) is 5.66. The molecule has 0 N–H and O–H groups in total. The lowest BCUT2D eigenvalue weighted by molar-refractivity contribution is -0.137. The van der Waals surface area contributed by atoms with Crippen LogP contribution in [0.1, 0.15) is 44.1 Å². The van der Waals surface area contributed by atoms with E-state index in [2.05, 4.69) is 88.6 Å². The summed E-state index contributed by atoms with van der Waals surface area (Å²) in [5, 5.41) is 0. The standard InChI is InChI=1S/C28H37N5O/c1-21(2)33-26-11-7-5-9-24(26)29-27(33)20-30-14-12-23(13-15-30)28(34)32-18-16-31(17-19-32)25-10-6-4-8-22(25)3/h4-11,21,23H,12-20H2,1-3H3. The minimum Gasteiger partial charge on any atom is -0.368 e. The van der Waals surface area contributed by atoms with Crippen molar-refractivity contribution < 1.29 is 4.79 Å². The third kappa shape index (κ3) is 4.56. The number of likely N-dealkylation sites (tertiary alicyclic amines) is 1. The summed E-state index contributed by atoms with van der Waals surface area (Å²) in [4.78, 5) is 25.2. The van der Waals surface area contributed by atoms with Crippen LogP contribution >= 0.6 is 0 Å². The molecule has 6 heteroatoms. The van der Waals surface area contributed by atoms with Gasteiger partial charge in [0.1, 0.15) is 5.82 Å². The van der Waals surface area contributed by atoms with E-state index in [1.54, 1.807) is 0 Å². The second-order valence-electron chi connectivity index (χ2n) is 10.1. The zero-order chi connectivity index (χ0) is 23.7. The molecule has 3 heterocycles. The van der Waals surface area contributed by atoms with Crippen LogP contribution in [0.5, 0.6) is 0 Å². The van der Waals surface area contributed by atoms with Crippen molar-refractivity contribution in [3.63, 3.8) is 0 Å². The maximum atomic E-state index is 13.3. The van der Waals surface area contributed by atoms with Crippen LogP contribution in [-0.2, 0) is 11.3 Å². The Bertz CT molecular complexity index is 1140. The molecule has 1 amide bonds. The van der Waals surface area contributed by atoms with Crippen molar-refractivity contribution in [2.75, 3.05) is 44.2 Å². The average Bonchev–Trinajstić information content (AvgIpc) is 3.22. The Kier molecular flexibility index (Phi) is 6.59. The highest BCUT2D eigenvalue weighted by Gasteiger charge is 2.31. The molecule has 3 aromatic rings. The molecule has 0 bridgehead atoms. The van der Waals surface area contributed by atoms with Gasteiger partial charge in [-0.25, -0.2) is 4.98 Å². The third-order valence-corrected chi connectivity index (χ3v) is 7.53. The van der Waals surface area contributed by atoms with Gasteiger partial charge in [0, 0.05) is 43.8 Å². The smallest absolute Gasteiger partial charge is 0.225 e. The van der Waals surface area contributed by atoms with Crippen molar-refractivity contribution in [2.24, 2.45) is 5.92 Å². The van der Waals surface area contributed by atoms with E-state index in [-0.39, 0.29) is 5.92 Å². The Balaban J connectivity index is 1.16. The number of aromatic nitrogens is 2. The Labute approximate surface area is 203 Å². The lowest BCUT2D eigenvalue weighted by atomic mass is 9.95. The number of amides is 1. The minimum atomic E-state index is 0.158. The Morgan fingerprint density at radius 2 is 1.62 bits per heavy atom. The van der Waals surface area contributed by atoms with Crippen molar-refractivity contribution in [3.8, 4) is 0 Å². The van der Waals surface area contributed by atoms with Gasteiger partial charge in [0.2, 0.25) is 5.91 Å². The van der Waals surface area contributed by atoms with E-state index in [0.717, 1.165) is 70.0 Å². The van der Waals surface area contributed by atoms with E-state index in [1.807, 2.05) is 0 Å². The monoisotopic (exact) mass is 459 g/mol. The molecule has 2 aromatic carbocycles. The van der Waals surface area contributed by atoms with Gasteiger partial charge >= 0.3 is 0 Å². The molecule has 0 aliphatic carbocycles. The first-order valence-electron chi connectivity index (χ1n) is 12.8. The molecule has 6 nitrogen and oxygen atoms in total. The van der Waals surface area contributed by atoms with E-state index in [0.29, 0.717) is 11.9 Å². The number of rotatable bonds is 5. The summed E-state index contributed by atoms with van der Waals surface area (Å²) in [6.07, 6.45) is 1.89. The highest BCUT2D eigenvalue weighted by atomic mass is 16.2. The number of imidazole rings is 1. The zero-order valence-corrected chi connectivity index (χ0v) is 20.8. The number of fused-ring (bicyclic) bond motifs is 1. The second kappa shape index (κ2) is 9.79. The molecular weight excluding hydrogens is 422 g/mol. The number of piperazine rings is 1. The van der Waals surface area contributed by atoms with Crippen LogP contribution in [0.4, 0.5) is 5.69 Å². The number of hydrogen-bond acceptors (Lipinski definition) is 4. The molecule has 0 saturated carbocycles. The number of nitrogens with zero attached hydrogens (tertiary/aromatic N) is 5. The van der Waals surface area contributed by atoms with Crippen LogP contribution in [0.25, 0.3) is 11.0 Å².